The Morgan fingerprint density at radius 1 is 1.42 bits per heavy atom. The minimum atomic E-state index is -4.67. The van der Waals surface area contributed by atoms with Gasteiger partial charge < -0.3 is 29.7 Å². The van der Waals surface area contributed by atoms with Gasteiger partial charge in [-0.2, -0.15) is 0 Å². The minimum Gasteiger partial charge on any atom is -0.467 e. The van der Waals surface area contributed by atoms with Gasteiger partial charge in [0.2, 0.25) is 12.2 Å². The molecule has 1 fully saturated rings. The maximum Gasteiger partial charge on any atom is 0.469 e. The van der Waals surface area contributed by atoms with Crippen molar-refractivity contribution in [1.82, 2.24) is 5.32 Å². The predicted molar refractivity (Wildman–Crippen MR) is 84.6 cm³/mol. The molecule has 0 spiro atoms. The van der Waals surface area contributed by atoms with Crippen molar-refractivity contribution in [3.63, 3.8) is 0 Å². The first-order valence-corrected chi connectivity index (χ1v) is 9.35. The Balaban J connectivity index is 2.83. The van der Waals surface area contributed by atoms with Crippen LogP contribution in [0.1, 0.15) is 40.0 Å². The number of phosphoric ester groups is 1. The van der Waals surface area contributed by atoms with Crippen molar-refractivity contribution in [3.05, 3.63) is 11.8 Å². The molecule has 0 aromatic heterocycles. The molecular weight excluding hydrogens is 341 g/mol. The Morgan fingerprint density at radius 2 is 2.08 bits per heavy atom. The van der Waals surface area contributed by atoms with E-state index in [0.29, 0.717) is 12.2 Å². The number of allylic oxidation sites excluding steroid dienone is 2. The summed E-state index contributed by atoms with van der Waals surface area (Å²) in [5.41, 5.74) is 0. The highest BCUT2D eigenvalue weighted by Crippen LogP contribution is 2.37. The van der Waals surface area contributed by atoms with Crippen molar-refractivity contribution >= 4 is 13.7 Å². The molecule has 4 atom stereocenters. The summed E-state index contributed by atoms with van der Waals surface area (Å²) in [6.07, 6.45) is 0.435. The number of phosphoric acid groups is 1. The van der Waals surface area contributed by atoms with Gasteiger partial charge in [-0.1, -0.05) is 13.8 Å². The van der Waals surface area contributed by atoms with Crippen LogP contribution in [0.2, 0.25) is 0 Å². The van der Waals surface area contributed by atoms with Gasteiger partial charge in [0.25, 0.3) is 0 Å². The largest absolute Gasteiger partial charge is 0.469 e. The zero-order valence-corrected chi connectivity index (χ0v) is 14.9. The zero-order valence-electron chi connectivity index (χ0n) is 14.0. The van der Waals surface area contributed by atoms with Crippen LogP contribution in [-0.2, 0) is 23.4 Å². The number of hydrogen-bond acceptors (Lipinski definition) is 6. The lowest BCUT2D eigenvalue weighted by atomic mass is 10.0. The summed E-state index contributed by atoms with van der Waals surface area (Å²) >= 11 is 0. The maximum absolute atomic E-state index is 11.3. The average molecular weight is 367 g/mol. The fourth-order valence-electron chi connectivity index (χ4n) is 2.35. The molecule has 1 heterocycles. The van der Waals surface area contributed by atoms with Crippen LogP contribution in [0.25, 0.3) is 0 Å². The molecule has 24 heavy (non-hydrogen) atoms. The summed E-state index contributed by atoms with van der Waals surface area (Å²) < 4.78 is 26.6. The summed E-state index contributed by atoms with van der Waals surface area (Å²) in [5.74, 6) is 0.371. The van der Waals surface area contributed by atoms with E-state index < -0.39 is 39.0 Å². The SMILES string of the molecule is CCC=C(CC)OC1OC(COP(=O)(O)O)C(O)CC1NC(C)=O. The van der Waals surface area contributed by atoms with Crippen LogP contribution in [0, 0.1) is 0 Å². The number of rotatable bonds is 8. The smallest absolute Gasteiger partial charge is 0.467 e. The molecule has 0 saturated carbocycles. The van der Waals surface area contributed by atoms with Crippen LogP contribution in [0.4, 0.5) is 0 Å². The molecule has 10 heteroatoms. The van der Waals surface area contributed by atoms with E-state index in [4.69, 9.17) is 19.3 Å². The number of amides is 1. The van der Waals surface area contributed by atoms with Crippen molar-refractivity contribution < 1.29 is 38.3 Å². The quantitative estimate of drug-likeness (QED) is 0.365. The van der Waals surface area contributed by atoms with Crippen LogP contribution in [0.3, 0.4) is 0 Å². The van der Waals surface area contributed by atoms with E-state index in [9.17, 15) is 14.5 Å². The molecule has 0 aromatic carbocycles. The Kier molecular flexibility index (Phi) is 8.35. The number of aliphatic hydroxyl groups is 1. The van der Waals surface area contributed by atoms with E-state index in [1.807, 2.05) is 19.9 Å². The van der Waals surface area contributed by atoms with Crippen LogP contribution in [0.15, 0.2) is 11.8 Å². The van der Waals surface area contributed by atoms with Gasteiger partial charge in [0.1, 0.15) is 6.10 Å². The molecule has 1 amide bonds. The van der Waals surface area contributed by atoms with Gasteiger partial charge in [-0.15, -0.1) is 0 Å². The molecule has 1 aliphatic heterocycles. The second-order valence-corrected chi connectivity index (χ2v) is 6.73. The van der Waals surface area contributed by atoms with E-state index in [1.165, 1.54) is 6.92 Å². The number of nitrogens with one attached hydrogen (secondary N) is 1. The molecule has 1 saturated heterocycles. The van der Waals surface area contributed by atoms with E-state index in [0.717, 1.165) is 6.42 Å². The Morgan fingerprint density at radius 3 is 2.58 bits per heavy atom. The first kappa shape index (κ1) is 21.1. The molecular formula is C14H26NO8P. The topological polar surface area (TPSA) is 135 Å². The average Bonchev–Trinajstić information content (AvgIpc) is 2.46. The molecule has 0 bridgehead atoms. The monoisotopic (exact) mass is 367 g/mol. The Bertz CT molecular complexity index is 491. The third-order valence-electron chi connectivity index (χ3n) is 3.41. The van der Waals surface area contributed by atoms with Crippen molar-refractivity contribution in [2.24, 2.45) is 0 Å². The molecule has 0 aromatic rings. The molecule has 0 aliphatic carbocycles. The van der Waals surface area contributed by atoms with Crippen molar-refractivity contribution in [3.8, 4) is 0 Å². The lowest BCUT2D eigenvalue weighted by Gasteiger charge is -2.39. The fourth-order valence-corrected chi connectivity index (χ4v) is 2.69. The van der Waals surface area contributed by atoms with E-state index in [1.54, 1.807) is 0 Å². The molecule has 4 unspecified atom stereocenters. The van der Waals surface area contributed by atoms with Gasteiger partial charge in [0.15, 0.2) is 0 Å². The lowest BCUT2D eigenvalue weighted by molar-refractivity contribution is -0.228. The fraction of sp³-hybridized carbons (Fsp3) is 0.786. The minimum absolute atomic E-state index is 0.114. The van der Waals surface area contributed by atoms with Gasteiger partial charge in [0.05, 0.1) is 24.5 Å². The molecule has 0 radical (unpaired) electrons. The van der Waals surface area contributed by atoms with Crippen molar-refractivity contribution in [1.29, 1.82) is 0 Å². The van der Waals surface area contributed by atoms with Crippen LogP contribution in [-0.4, -0.2) is 51.9 Å². The Hall–Kier alpha value is -0.960. The number of carbonyl (C=O) groups excluding carboxylic acids is 1. The summed E-state index contributed by atoms with van der Waals surface area (Å²) in [5, 5.41) is 12.7. The first-order chi connectivity index (χ1) is 11.2. The standard InChI is InChI=1S/C14H26NO8P/c1-4-6-10(5-2)22-14-11(15-9(3)16)7-12(17)13(23-14)8-21-24(18,19)20/h6,11-14,17H,4-5,7-8H2,1-3H3,(H,15,16)(H2,18,19,20). The molecule has 140 valence electrons. The van der Waals surface area contributed by atoms with Crippen LogP contribution >= 0.6 is 7.82 Å². The van der Waals surface area contributed by atoms with Gasteiger partial charge in [-0.25, -0.2) is 4.57 Å². The highest BCUT2D eigenvalue weighted by molar-refractivity contribution is 7.46. The summed E-state index contributed by atoms with van der Waals surface area (Å²) in [6.45, 7) is 4.71. The molecule has 1 aliphatic rings. The van der Waals surface area contributed by atoms with Gasteiger partial charge >= 0.3 is 7.82 Å². The third kappa shape index (κ3) is 7.29. The number of aliphatic hydroxyl groups excluding tert-OH is 1. The highest BCUT2D eigenvalue weighted by atomic mass is 31.2. The van der Waals surface area contributed by atoms with Crippen molar-refractivity contribution in [2.75, 3.05) is 6.61 Å². The van der Waals surface area contributed by atoms with Crippen molar-refractivity contribution in [2.45, 2.75) is 64.6 Å². The molecule has 1 rings (SSSR count). The van der Waals surface area contributed by atoms with Gasteiger partial charge in [-0.3, -0.25) is 9.32 Å². The van der Waals surface area contributed by atoms with E-state index in [-0.39, 0.29) is 12.3 Å². The van der Waals surface area contributed by atoms with E-state index in [2.05, 4.69) is 9.84 Å². The molecule has 9 nitrogen and oxygen atoms in total. The lowest BCUT2D eigenvalue weighted by Crippen LogP contribution is -2.56. The van der Waals surface area contributed by atoms with Gasteiger partial charge in [-0.05, 0) is 12.5 Å². The molecule has 4 N–H and O–H groups in total. The maximum atomic E-state index is 11.3. The third-order valence-corrected chi connectivity index (χ3v) is 3.89. The second-order valence-electron chi connectivity index (χ2n) is 5.49. The number of carbonyl (C=O) groups is 1. The Labute approximate surface area is 141 Å². The normalized spacial score (nSPS) is 28.5. The predicted octanol–water partition coefficient (Wildman–Crippen LogP) is 0.797. The second kappa shape index (κ2) is 9.50. The van der Waals surface area contributed by atoms with Crippen LogP contribution in [0.5, 0.6) is 0 Å². The zero-order chi connectivity index (χ0) is 18.3. The van der Waals surface area contributed by atoms with Crippen LogP contribution < -0.4 is 5.32 Å². The number of ether oxygens (including phenoxy) is 2. The summed E-state index contributed by atoms with van der Waals surface area (Å²) in [4.78, 5) is 28.9. The summed E-state index contributed by atoms with van der Waals surface area (Å²) in [6, 6.07) is -0.587. The van der Waals surface area contributed by atoms with Gasteiger partial charge in [0, 0.05) is 19.8 Å². The number of hydrogen-bond donors (Lipinski definition) is 4. The summed E-state index contributed by atoms with van der Waals surface area (Å²) in [7, 11) is -4.67. The highest BCUT2D eigenvalue weighted by Gasteiger charge is 2.40. The first-order valence-electron chi connectivity index (χ1n) is 7.82. The van der Waals surface area contributed by atoms with E-state index >= 15 is 0 Å².